The molecule has 1 aliphatic rings. The Morgan fingerprint density at radius 3 is 3.00 bits per heavy atom. The first-order valence-corrected chi connectivity index (χ1v) is 6.09. The predicted octanol–water partition coefficient (Wildman–Crippen LogP) is 1.37. The molecule has 1 amide bonds. The Morgan fingerprint density at radius 2 is 2.33 bits per heavy atom. The highest BCUT2D eigenvalue weighted by Gasteiger charge is 2.30. The molecule has 1 aromatic heterocycles. The molecule has 0 bridgehead atoms. The van der Waals surface area contributed by atoms with Crippen LogP contribution in [-0.4, -0.2) is 48.1 Å². The summed E-state index contributed by atoms with van der Waals surface area (Å²) in [6.45, 7) is 5.83. The number of hydrogen-bond acceptors (Lipinski definition) is 4. The third kappa shape index (κ3) is 2.79. The van der Waals surface area contributed by atoms with E-state index in [1.165, 1.54) is 0 Å². The maximum absolute atomic E-state index is 12.4. The van der Waals surface area contributed by atoms with Crippen LogP contribution in [0.2, 0.25) is 0 Å². The predicted molar refractivity (Wildman–Crippen MR) is 69.7 cm³/mol. The van der Waals surface area contributed by atoms with Crippen molar-refractivity contribution in [2.24, 2.45) is 0 Å². The van der Waals surface area contributed by atoms with Crippen LogP contribution in [0.4, 0.5) is 5.82 Å². The van der Waals surface area contributed by atoms with Crippen molar-refractivity contribution in [2.45, 2.75) is 19.4 Å². The Balaban J connectivity index is 2.15. The second-order valence-corrected chi connectivity index (χ2v) is 5.01. The van der Waals surface area contributed by atoms with Crippen LogP contribution in [0, 0.1) is 0 Å². The van der Waals surface area contributed by atoms with E-state index in [4.69, 9.17) is 4.74 Å². The van der Waals surface area contributed by atoms with Crippen molar-refractivity contribution >= 4 is 11.7 Å². The normalized spacial score (nSPS) is 18.5. The molecule has 0 radical (unpaired) electrons. The van der Waals surface area contributed by atoms with Crippen LogP contribution in [0.5, 0.6) is 0 Å². The Labute approximate surface area is 107 Å². The third-order valence-corrected chi connectivity index (χ3v) is 2.98. The highest BCUT2D eigenvalue weighted by molar-refractivity contribution is 5.94. The zero-order chi connectivity index (χ0) is 13.2. The smallest absolute Gasteiger partial charge is 0.254 e. The second-order valence-electron chi connectivity index (χ2n) is 5.01. The SMILES string of the molecule is CNc1cc(C(=O)N2CCOC(C)(C)C2)ccn1. The molecular weight excluding hydrogens is 230 g/mol. The monoisotopic (exact) mass is 249 g/mol. The van der Waals surface area contributed by atoms with E-state index in [0.29, 0.717) is 31.1 Å². The molecular formula is C13H19N3O2. The molecule has 0 unspecified atom stereocenters. The molecule has 0 aliphatic carbocycles. The van der Waals surface area contributed by atoms with E-state index in [-0.39, 0.29) is 11.5 Å². The molecule has 0 aromatic carbocycles. The van der Waals surface area contributed by atoms with Crippen molar-refractivity contribution in [2.75, 3.05) is 32.1 Å². The van der Waals surface area contributed by atoms with E-state index in [0.717, 1.165) is 0 Å². The van der Waals surface area contributed by atoms with Gasteiger partial charge in [0.2, 0.25) is 0 Å². The van der Waals surface area contributed by atoms with Gasteiger partial charge in [0, 0.05) is 31.9 Å². The van der Waals surface area contributed by atoms with Gasteiger partial charge in [0.15, 0.2) is 0 Å². The lowest BCUT2D eigenvalue weighted by Gasteiger charge is -2.38. The van der Waals surface area contributed by atoms with Gasteiger partial charge >= 0.3 is 0 Å². The van der Waals surface area contributed by atoms with Gasteiger partial charge in [-0.2, -0.15) is 0 Å². The number of hydrogen-bond donors (Lipinski definition) is 1. The van der Waals surface area contributed by atoms with Crippen molar-refractivity contribution in [1.29, 1.82) is 0 Å². The quantitative estimate of drug-likeness (QED) is 0.860. The summed E-state index contributed by atoms with van der Waals surface area (Å²) in [6.07, 6.45) is 1.64. The maximum atomic E-state index is 12.4. The molecule has 5 heteroatoms. The van der Waals surface area contributed by atoms with Crippen molar-refractivity contribution in [3.8, 4) is 0 Å². The number of pyridine rings is 1. The fourth-order valence-electron chi connectivity index (χ4n) is 2.07. The van der Waals surface area contributed by atoms with Crippen molar-refractivity contribution in [1.82, 2.24) is 9.88 Å². The molecule has 2 heterocycles. The van der Waals surface area contributed by atoms with Gasteiger partial charge in [0.1, 0.15) is 5.82 Å². The van der Waals surface area contributed by atoms with E-state index < -0.39 is 0 Å². The molecule has 1 aromatic rings. The number of carbonyl (C=O) groups is 1. The number of carbonyl (C=O) groups excluding carboxylic acids is 1. The van der Waals surface area contributed by atoms with Crippen LogP contribution in [0.15, 0.2) is 18.3 Å². The van der Waals surface area contributed by atoms with Crippen LogP contribution in [0.1, 0.15) is 24.2 Å². The van der Waals surface area contributed by atoms with E-state index >= 15 is 0 Å². The Morgan fingerprint density at radius 1 is 1.56 bits per heavy atom. The fourth-order valence-corrected chi connectivity index (χ4v) is 2.07. The minimum Gasteiger partial charge on any atom is -0.373 e. The number of anilines is 1. The van der Waals surface area contributed by atoms with E-state index in [2.05, 4.69) is 10.3 Å². The molecule has 0 atom stereocenters. The summed E-state index contributed by atoms with van der Waals surface area (Å²) < 4.78 is 5.61. The van der Waals surface area contributed by atoms with Crippen LogP contribution in [-0.2, 0) is 4.74 Å². The van der Waals surface area contributed by atoms with Gasteiger partial charge in [0.25, 0.3) is 5.91 Å². The Hall–Kier alpha value is -1.62. The molecule has 1 aliphatic heterocycles. The van der Waals surface area contributed by atoms with Crippen LogP contribution in [0.3, 0.4) is 0 Å². The zero-order valence-corrected chi connectivity index (χ0v) is 11.1. The lowest BCUT2D eigenvalue weighted by molar-refractivity contribution is -0.0764. The van der Waals surface area contributed by atoms with E-state index in [1.807, 2.05) is 18.7 Å². The molecule has 0 saturated carbocycles. The maximum Gasteiger partial charge on any atom is 0.254 e. The van der Waals surface area contributed by atoms with Gasteiger partial charge in [0.05, 0.1) is 12.2 Å². The number of nitrogens with one attached hydrogen (secondary N) is 1. The number of morpholine rings is 1. The minimum atomic E-state index is -0.271. The van der Waals surface area contributed by atoms with Crippen molar-refractivity contribution < 1.29 is 9.53 Å². The van der Waals surface area contributed by atoms with E-state index in [9.17, 15) is 4.79 Å². The number of aromatic nitrogens is 1. The average Bonchev–Trinajstić information content (AvgIpc) is 2.37. The van der Waals surface area contributed by atoms with Crippen LogP contribution >= 0.6 is 0 Å². The second kappa shape index (κ2) is 4.94. The summed E-state index contributed by atoms with van der Waals surface area (Å²) in [5.41, 5.74) is 0.388. The first-order chi connectivity index (χ1) is 8.52. The number of ether oxygens (including phenoxy) is 1. The number of amides is 1. The minimum absolute atomic E-state index is 0.0327. The zero-order valence-electron chi connectivity index (χ0n) is 11.1. The third-order valence-electron chi connectivity index (χ3n) is 2.98. The highest BCUT2D eigenvalue weighted by atomic mass is 16.5. The van der Waals surface area contributed by atoms with Gasteiger partial charge in [-0.05, 0) is 26.0 Å². The lowest BCUT2D eigenvalue weighted by Crippen LogP contribution is -2.50. The van der Waals surface area contributed by atoms with Crippen LogP contribution < -0.4 is 5.32 Å². The summed E-state index contributed by atoms with van der Waals surface area (Å²) in [5.74, 6) is 0.735. The summed E-state index contributed by atoms with van der Waals surface area (Å²) in [4.78, 5) is 18.3. The molecule has 0 spiro atoms. The lowest BCUT2D eigenvalue weighted by atomic mass is 10.1. The fraction of sp³-hybridized carbons (Fsp3) is 0.538. The van der Waals surface area contributed by atoms with Gasteiger partial charge in [-0.3, -0.25) is 4.79 Å². The highest BCUT2D eigenvalue weighted by Crippen LogP contribution is 2.19. The number of nitrogens with zero attached hydrogens (tertiary/aromatic N) is 2. The topological polar surface area (TPSA) is 54.5 Å². The molecule has 1 saturated heterocycles. The average molecular weight is 249 g/mol. The molecule has 98 valence electrons. The van der Waals surface area contributed by atoms with Crippen LogP contribution in [0.25, 0.3) is 0 Å². The molecule has 5 nitrogen and oxygen atoms in total. The standard InChI is InChI=1S/C13H19N3O2/c1-13(2)9-16(6-7-18-13)12(17)10-4-5-15-11(8-10)14-3/h4-5,8H,6-7,9H2,1-3H3,(H,14,15). The first-order valence-electron chi connectivity index (χ1n) is 6.09. The summed E-state index contributed by atoms with van der Waals surface area (Å²) >= 11 is 0. The van der Waals surface area contributed by atoms with Crippen molar-refractivity contribution in [3.63, 3.8) is 0 Å². The summed E-state index contributed by atoms with van der Waals surface area (Å²) in [5, 5.41) is 2.93. The van der Waals surface area contributed by atoms with Crippen molar-refractivity contribution in [3.05, 3.63) is 23.9 Å². The molecule has 2 rings (SSSR count). The van der Waals surface area contributed by atoms with Gasteiger partial charge in [-0.1, -0.05) is 0 Å². The van der Waals surface area contributed by atoms with Gasteiger partial charge < -0.3 is 15.0 Å². The first kappa shape index (κ1) is 12.8. The molecule has 1 fully saturated rings. The van der Waals surface area contributed by atoms with Gasteiger partial charge in [-0.25, -0.2) is 4.98 Å². The summed E-state index contributed by atoms with van der Waals surface area (Å²) in [7, 11) is 1.79. The Bertz CT molecular complexity index is 446. The van der Waals surface area contributed by atoms with Gasteiger partial charge in [-0.15, -0.1) is 0 Å². The molecule has 18 heavy (non-hydrogen) atoms. The Kier molecular flexibility index (Phi) is 3.52. The largest absolute Gasteiger partial charge is 0.373 e. The van der Waals surface area contributed by atoms with E-state index in [1.54, 1.807) is 25.4 Å². The molecule has 1 N–H and O–H groups in total. The summed E-state index contributed by atoms with van der Waals surface area (Å²) in [6, 6.07) is 3.51. The number of rotatable bonds is 2.